The Morgan fingerprint density at radius 3 is 2.61 bits per heavy atom. The predicted molar refractivity (Wildman–Crippen MR) is 158 cm³/mol. The van der Waals surface area contributed by atoms with Crippen molar-refractivity contribution in [3.8, 4) is 11.5 Å². The highest BCUT2D eigenvalue weighted by Gasteiger charge is 2.35. The minimum absolute atomic E-state index is 0.0505. The normalized spacial score (nSPS) is 14.8. The summed E-state index contributed by atoms with van der Waals surface area (Å²) in [6.07, 6.45) is 3.33. The lowest BCUT2D eigenvalue weighted by Crippen LogP contribution is -2.32. The van der Waals surface area contributed by atoms with Crippen molar-refractivity contribution < 1.29 is 13.9 Å². The fourth-order valence-electron chi connectivity index (χ4n) is 4.02. The summed E-state index contributed by atoms with van der Waals surface area (Å²) in [7, 11) is 1.76. The Hall–Kier alpha value is -2.48. The number of ether oxygens (including phenoxy) is 1. The number of nitrogens with one attached hydrogen (secondary N) is 4. The van der Waals surface area contributed by atoms with E-state index in [9.17, 15) is 14.0 Å². The molecule has 3 aromatic rings. The van der Waals surface area contributed by atoms with E-state index in [0.717, 1.165) is 29.3 Å². The summed E-state index contributed by atoms with van der Waals surface area (Å²) in [5, 5.41) is 6.36. The average molecular weight is 670 g/mol. The van der Waals surface area contributed by atoms with E-state index in [1.807, 2.05) is 22.6 Å². The highest BCUT2D eigenvalue weighted by Crippen LogP contribution is 2.43. The van der Waals surface area contributed by atoms with Crippen molar-refractivity contribution in [1.29, 1.82) is 0 Å². The fourth-order valence-corrected chi connectivity index (χ4v) is 5.13. The quantitative estimate of drug-likeness (QED) is 0.144. The van der Waals surface area contributed by atoms with Gasteiger partial charge >= 0.3 is 0 Å². The molecular formula is C26H26ClFIN5O3S. The van der Waals surface area contributed by atoms with Gasteiger partial charge in [0.2, 0.25) is 0 Å². The van der Waals surface area contributed by atoms with Gasteiger partial charge < -0.3 is 20.1 Å². The van der Waals surface area contributed by atoms with E-state index in [4.69, 9.17) is 16.3 Å². The number of aromatic nitrogens is 1. The third-order valence-corrected chi connectivity index (χ3v) is 7.85. The molecule has 0 aliphatic heterocycles. The molecular weight excluding hydrogens is 644 g/mol. The number of hydrogen-bond donors (Lipinski definition) is 4. The Bertz CT molecular complexity index is 1460. The van der Waals surface area contributed by atoms with Gasteiger partial charge in [-0.05, 0) is 92.6 Å². The van der Waals surface area contributed by atoms with E-state index in [1.165, 1.54) is 18.2 Å². The van der Waals surface area contributed by atoms with E-state index < -0.39 is 11.7 Å². The first-order chi connectivity index (χ1) is 18.3. The second-order valence-corrected chi connectivity index (χ2v) is 11.6. The lowest BCUT2D eigenvalue weighted by atomic mass is 10.1. The molecule has 2 aliphatic rings. The Kier molecular flexibility index (Phi) is 8.08. The largest absolute Gasteiger partial charge is 0.454 e. The van der Waals surface area contributed by atoms with Crippen molar-refractivity contribution in [3.63, 3.8) is 0 Å². The van der Waals surface area contributed by atoms with Crippen LogP contribution in [0.3, 0.4) is 0 Å². The van der Waals surface area contributed by atoms with Gasteiger partial charge in [0.15, 0.2) is 5.75 Å². The molecule has 2 saturated carbocycles. The molecule has 1 aromatic heterocycles. The molecule has 2 aliphatic carbocycles. The van der Waals surface area contributed by atoms with Crippen LogP contribution >= 0.6 is 46.3 Å². The van der Waals surface area contributed by atoms with Crippen LogP contribution in [0, 0.1) is 16.3 Å². The number of benzene rings is 2. The number of rotatable bonds is 10. The van der Waals surface area contributed by atoms with Crippen LogP contribution in [-0.4, -0.2) is 23.6 Å². The molecule has 200 valence electrons. The number of nitrogens with zero attached hydrogens (tertiary/aromatic N) is 1. The SMILES string of the molecule is CNSNc1cccc(Oc2c(C(=O)NC3CC3)c(Nc3ccc(I)cc3F)n(C3CC3)c(=O)c2C)c1Cl. The Morgan fingerprint density at radius 2 is 1.95 bits per heavy atom. The second-order valence-electron chi connectivity index (χ2n) is 9.21. The third-order valence-electron chi connectivity index (χ3n) is 6.26. The predicted octanol–water partition coefficient (Wildman–Crippen LogP) is 6.51. The van der Waals surface area contributed by atoms with Crippen molar-refractivity contribution in [3.05, 3.63) is 72.3 Å². The van der Waals surface area contributed by atoms with Crippen molar-refractivity contribution in [1.82, 2.24) is 14.6 Å². The van der Waals surface area contributed by atoms with E-state index in [-0.39, 0.29) is 56.8 Å². The van der Waals surface area contributed by atoms with Gasteiger partial charge in [0, 0.05) is 27.8 Å². The van der Waals surface area contributed by atoms with E-state index in [1.54, 1.807) is 48.9 Å². The molecule has 1 heterocycles. The molecule has 12 heteroatoms. The maximum atomic E-state index is 14.9. The molecule has 0 unspecified atom stereocenters. The topological polar surface area (TPSA) is 96.4 Å². The average Bonchev–Trinajstić information content (AvgIpc) is 3.81. The summed E-state index contributed by atoms with van der Waals surface area (Å²) in [6, 6.07) is 9.89. The summed E-state index contributed by atoms with van der Waals surface area (Å²) in [4.78, 5) is 27.4. The molecule has 38 heavy (non-hydrogen) atoms. The van der Waals surface area contributed by atoms with Crippen LogP contribution in [0.15, 0.2) is 41.2 Å². The van der Waals surface area contributed by atoms with Crippen LogP contribution in [0.2, 0.25) is 5.02 Å². The number of carbonyl (C=O) groups excluding carboxylic acids is 1. The monoisotopic (exact) mass is 669 g/mol. The summed E-state index contributed by atoms with van der Waals surface area (Å²) in [5.41, 5.74) is 0.844. The Balaban J connectivity index is 1.68. The molecule has 0 radical (unpaired) electrons. The van der Waals surface area contributed by atoms with Gasteiger partial charge in [-0.2, -0.15) is 0 Å². The molecule has 2 aromatic carbocycles. The molecule has 0 atom stereocenters. The van der Waals surface area contributed by atoms with Gasteiger partial charge in [-0.1, -0.05) is 17.7 Å². The number of carbonyl (C=O) groups is 1. The smallest absolute Gasteiger partial charge is 0.259 e. The lowest BCUT2D eigenvalue weighted by molar-refractivity contribution is 0.0948. The highest BCUT2D eigenvalue weighted by molar-refractivity contribution is 14.1. The van der Waals surface area contributed by atoms with E-state index in [2.05, 4.69) is 20.1 Å². The van der Waals surface area contributed by atoms with Crippen molar-refractivity contribution in [2.45, 2.75) is 44.7 Å². The van der Waals surface area contributed by atoms with Gasteiger partial charge in [0.05, 0.1) is 16.9 Å². The van der Waals surface area contributed by atoms with Gasteiger partial charge in [0.1, 0.15) is 28.0 Å². The number of amides is 1. The molecule has 5 rings (SSSR count). The first kappa shape index (κ1) is 27.1. The molecule has 0 spiro atoms. The van der Waals surface area contributed by atoms with Gasteiger partial charge in [-0.3, -0.25) is 14.2 Å². The summed E-state index contributed by atoms with van der Waals surface area (Å²) in [5.74, 6) is -0.338. The summed E-state index contributed by atoms with van der Waals surface area (Å²) in [6.45, 7) is 1.63. The van der Waals surface area contributed by atoms with Crippen LogP contribution < -0.4 is 30.4 Å². The molecule has 0 saturated heterocycles. The zero-order valence-corrected chi connectivity index (χ0v) is 24.4. The number of pyridine rings is 1. The molecule has 8 nitrogen and oxygen atoms in total. The minimum atomic E-state index is -0.493. The van der Waals surface area contributed by atoms with Crippen LogP contribution in [0.25, 0.3) is 0 Å². The number of hydrogen-bond acceptors (Lipinski definition) is 7. The van der Waals surface area contributed by atoms with Crippen LogP contribution in [0.1, 0.15) is 47.6 Å². The lowest BCUT2D eigenvalue weighted by Gasteiger charge is -2.23. The molecule has 0 bridgehead atoms. The van der Waals surface area contributed by atoms with E-state index in [0.29, 0.717) is 5.69 Å². The van der Waals surface area contributed by atoms with Gasteiger partial charge in [-0.15, -0.1) is 0 Å². The maximum Gasteiger partial charge on any atom is 0.259 e. The highest BCUT2D eigenvalue weighted by atomic mass is 127. The van der Waals surface area contributed by atoms with Crippen LogP contribution in [0.5, 0.6) is 11.5 Å². The zero-order chi connectivity index (χ0) is 27.0. The van der Waals surface area contributed by atoms with Crippen LogP contribution in [-0.2, 0) is 0 Å². The van der Waals surface area contributed by atoms with Gasteiger partial charge in [-0.25, -0.2) is 9.11 Å². The van der Waals surface area contributed by atoms with Gasteiger partial charge in [0.25, 0.3) is 11.5 Å². The zero-order valence-electron chi connectivity index (χ0n) is 20.7. The fraction of sp³-hybridized carbons (Fsp3) is 0.308. The van der Waals surface area contributed by atoms with Crippen molar-refractivity contribution in [2.75, 3.05) is 17.1 Å². The third kappa shape index (κ3) is 5.75. The molecule has 4 N–H and O–H groups in total. The molecule has 2 fully saturated rings. The van der Waals surface area contributed by atoms with E-state index >= 15 is 0 Å². The Morgan fingerprint density at radius 1 is 1.18 bits per heavy atom. The molecule has 1 amide bonds. The van der Waals surface area contributed by atoms with Crippen LogP contribution in [0.4, 0.5) is 21.6 Å². The first-order valence-electron chi connectivity index (χ1n) is 12.2. The first-order valence-corrected chi connectivity index (χ1v) is 14.4. The summed E-state index contributed by atoms with van der Waals surface area (Å²) < 4.78 is 29.5. The van der Waals surface area contributed by atoms with Crippen molar-refractivity contribution in [2.24, 2.45) is 0 Å². The summed E-state index contributed by atoms with van der Waals surface area (Å²) >= 11 is 9.89. The number of anilines is 3. The standard InChI is InChI=1S/C26H26ClFIN5O3S/c1-13-23(37-20-5-3-4-19(22(20)27)33-38-30-2)21(25(35)31-15-7-8-15)24(34(26(13)36)16-9-10-16)32-18-11-6-14(29)12-17(18)28/h3-6,11-12,15-16,30,32-33H,7-10H2,1-2H3,(H,31,35). The van der Waals surface area contributed by atoms with Crippen molar-refractivity contribution >= 4 is 69.4 Å². The number of halogens is 3. The minimum Gasteiger partial charge on any atom is -0.454 e. The maximum absolute atomic E-state index is 14.9. The Labute approximate surface area is 242 Å². The second kappa shape index (κ2) is 11.3.